The fourth-order valence-electron chi connectivity index (χ4n) is 3.52. The van der Waals surface area contributed by atoms with Gasteiger partial charge in [-0.15, -0.1) is 0 Å². The Morgan fingerprint density at radius 2 is 2.09 bits per heavy atom. The minimum Gasteiger partial charge on any atom is -0.394 e. The zero-order chi connectivity index (χ0) is 24.2. The van der Waals surface area contributed by atoms with Crippen LogP contribution in [0.4, 0.5) is 4.39 Å². The van der Waals surface area contributed by atoms with Crippen molar-refractivity contribution in [3.63, 3.8) is 0 Å². The second-order valence-electron chi connectivity index (χ2n) is 7.63. The number of aromatic nitrogens is 2. The second kappa shape index (κ2) is 10.3. The smallest absolute Gasteiger partial charge is 0.270 e. The summed E-state index contributed by atoms with van der Waals surface area (Å²) in [7, 11) is 0. The van der Waals surface area contributed by atoms with Crippen molar-refractivity contribution in [2.24, 2.45) is 0 Å². The normalized spacial score (nSPS) is 12.0. The van der Waals surface area contributed by atoms with Crippen LogP contribution in [0.25, 0.3) is 16.9 Å². The van der Waals surface area contributed by atoms with Crippen LogP contribution in [-0.4, -0.2) is 39.0 Å². The van der Waals surface area contributed by atoms with Gasteiger partial charge in [0.05, 0.1) is 23.2 Å². The van der Waals surface area contributed by atoms with Gasteiger partial charge >= 0.3 is 0 Å². The molecule has 4 rings (SSSR count). The summed E-state index contributed by atoms with van der Waals surface area (Å²) in [6.45, 7) is 1.82. The van der Waals surface area contributed by atoms with Crippen LogP contribution in [0.1, 0.15) is 39.8 Å². The van der Waals surface area contributed by atoms with Gasteiger partial charge in [-0.1, -0.05) is 24.6 Å². The minimum atomic E-state index is -0.530. The lowest BCUT2D eigenvalue weighted by molar-refractivity contribution is 0.0907. The summed E-state index contributed by atoms with van der Waals surface area (Å²) in [6, 6.07) is 8.97. The molecule has 3 heterocycles. The Morgan fingerprint density at radius 3 is 2.76 bits per heavy atom. The van der Waals surface area contributed by atoms with Gasteiger partial charge < -0.3 is 15.7 Å². The van der Waals surface area contributed by atoms with Gasteiger partial charge in [-0.05, 0) is 47.7 Å². The number of halogens is 2. The van der Waals surface area contributed by atoms with E-state index in [1.54, 1.807) is 28.8 Å². The predicted molar refractivity (Wildman–Crippen MR) is 130 cm³/mol. The van der Waals surface area contributed by atoms with Crippen LogP contribution in [0.5, 0.6) is 0 Å². The average molecular weight is 501 g/mol. The molecule has 0 saturated carbocycles. The van der Waals surface area contributed by atoms with E-state index in [2.05, 4.69) is 15.6 Å². The quantitative estimate of drug-likeness (QED) is 0.336. The maximum Gasteiger partial charge on any atom is 0.270 e. The molecule has 176 valence electrons. The summed E-state index contributed by atoms with van der Waals surface area (Å²) in [5.74, 6) is -1.33. The first-order valence-corrected chi connectivity index (χ1v) is 11.9. The molecule has 1 atom stereocenters. The molecule has 0 radical (unpaired) electrons. The third-order valence-electron chi connectivity index (χ3n) is 5.39. The molecule has 10 heteroatoms. The number of nitrogens with one attached hydrogen (secondary N) is 2. The van der Waals surface area contributed by atoms with Gasteiger partial charge in [-0.3, -0.25) is 14.0 Å². The SMILES string of the molecule is CC[C@@H](CO)NC(=O)c1c(-c2ccsc2)nc2c(C(=O)NCc3ccc(F)c(Cl)c3)cccn12. The highest BCUT2D eigenvalue weighted by atomic mass is 35.5. The molecule has 0 bridgehead atoms. The number of carbonyl (C=O) groups is 2. The lowest BCUT2D eigenvalue weighted by Crippen LogP contribution is -2.37. The van der Waals surface area contributed by atoms with E-state index < -0.39 is 23.7 Å². The summed E-state index contributed by atoms with van der Waals surface area (Å²) in [6.07, 6.45) is 2.23. The Morgan fingerprint density at radius 1 is 1.26 bits per heavy atom. The number of fused-ring (bicyclic) bond motifs is 1. The molecule has 4 aromatic rings. The predicted octanol–water partition coefficient (Wildman–Crippen LogP) is 4.29. The third-order valence-corrected chi connectivity index (χ3v) is 6.36. The second-order valence-corrected chi connectivity index (χ2v) is 8.82. The number of benzene rings is 1. The van der Waals surface area contributed by atoms with Gasteiger partial charge in [0.15, 0.2) is 5.65 Å². The fraction of sp³-hybridized carbons (Fsp3) is 0.208. The van der Waals surface area contributed by atoms with Crippen molar-refractivity contribution < 1.29 is 19.1 Å². The maximum absolute atomic E-state index is 13.4. The first-order chi connectivity index (χ1) is 16.4. The average Bonchev–Trinajstić information content (AvgIpc) is 3.50. The van der Waals surface area contributed by atoms with Gasteiger partial charge in [-0.2, -0.15) is 11.3 Å². The number of aliphatic hydroxyl groups is 1. The van der Waals surface area contributed by atoms with Crippen LogP contribution in [-0.2, 0) is 6.54 Å². The van der Waals surface area contributed by atoms with E-state index in [9.17, 15) is 19.1 Å². The molecule has 0 fully saturated rings. The lowest BCUT2D eigenvalue weighted by atomic mass is 10.1. The molecule has 0 aliphatic rings. The number of carbonyl (C=O) groups excluding carboxylic acids is 2. The lowest BCUT2D eigenvalue weighted by Gasteiger charge is -2.14. The first-order valence-electron chi connectivity index (χ1n) is 10.6. The van der Waals surface area contributed by atoms with Crippen LogP contribution in [0.3, 0.4) is 0 Å². The Kier molecular flexibility index (Phi) is 7.26. The van der Waals surface area contributed by atoms with Crippen molar-refractivity contribution in [1.29, 1.82) is 0 Å². The zero-order valence-corrected chi connectivity index (χ0v) is 19.8. The number of hydrogen-bond acceptors (Lipinski definition) is 5. The van der Waals surface area contributed by atoms with E-state index in [1.165, 1.54) is 23.5 Å². The van der Waals surface area contributed by atoms with Crippen LogP contribution in [0.15, 0.2) is 53.4 Å². The van der Waals surface area contributed by atoms with Crippen molar-refractivity contribution in [3.05, 3.63) is 81.0 Å². The molecule has 34 heavy (non-hydrogen) atoms. The Bertz CT molecular complexity index is 1340. The van der Waals surface area contributed by atoms with Crippen LogP contribution in [0, 0.1) is 5.82 Å². The maximum atomic E-state index is 13.4. The molecule has 2 amide bonds. The molecule has 3 aromatic heterocycles. The summed E-state index contributed by atoms with van der Waals surface area (Å²) < 4.78 is 15.0. The van der Waals surface area contributed by atoms with Crippen molar-refractivity contribution in [2.75, 3.05) is 6.61 Å². The summed E-state index contributed by atoms with van der Waals surface area (Å²) in [5.41, 5.74) is 2.71. The van der Waals surface area contributed by atoms with E-state index in [-0.39, 0.29) is 29.4 Å². The summed E-state index contributed by atoms with van der Waals surface area (Å²) in [5, 5.41) is 18.9. The summed E-state index contributed by atoms with van der Waals surface area (Å²) >= 11 is 7.29. The molecule has 1 aromatic carbocycles. The van der Waals surface area contributed by atoms with E-state index in [0.717, 1.165) is 5.56 Å². The Labute approximate surface area is 204 Å². The van der Waals surface area contributed by atoms with Gasteiger partial charge in [0, 0.05) is 23.7 Å². The van der Waals surface area contributed by atoms with Gasteiger partial charge in [-0.25, -0.2) is 9.37 Å². The largest absolute Gasteiger partial charge is 0.394 e. The molecule has 0 aliphatic carbocycles. The van der Waals surface area contributed by atoms with Crippen molar-refractivity contribution in [2.45, 2.75) is 25.9 Å². The van der Waals surface area contributed by atoms with Gasteiger partial charge in [0.25, 0.3) is 11.8 Å². The highest BCUT2D eigenvalue weighted by Crippen LogP contribution is 2.28. The number of thiophene rings is 1. The molecule has 3 N–H and O–H groups in total. The zero-order valence-electron chi connectivity index (χ0n) is 18.2. The van der Waals surface area contributed by atoms with Crippen LogP contribution < -0.4 is 10.6 Å². The number of aliphatic hydroxyl groups excluding tert-OH is 1. The van der Waals surface area contributed by atoms with Crippen LogP contribution in [0.2, 0.25) is 5.02 Å². The number of pyridine rings is 1. The molecular formula is C24H22ClFN4O3S. The number of rotatable bonds is 8. The van der Waals surface area contributed by atoms with Gasteiger partial charge in [0.2, 0.25) is 0 Å². The molecule has 0 aliphatic heterocycles. The van der Waals surface area contributed by atoms with E-state index in [4.69, 9.17) is 11.6 Å². The van der Waals surface area contributed by atoms with Crippen molar-refractivity contribution in [1.82, 2.24) is 20.0 Å². The van der Waals surface area contributed by atoms with E-state index in [0.29, 0.717) is 23.3 Å². The monoisotopic (exact) mass is 500 g/mol. The molecular weight excluding hydrogens is 479 g/mol. The number of imidazole rings is 1. The van der Waals surface area contributed by atoms with E-state index >= 15 is 0 Å². The number of nitrogens with zero attached hydrogens (tertiary/aromatic N) is 2. The highest BCUT2D eigenvalue weighted by Gasteiger charge is 2.25. The molecule has 0 unspecified atom stereocenters. The first kappa shape index (κ1) is 23.9. The fourth-order valence-corrected chi connectivity index (χ4v) is 4.36. The molecule has 0 spiro atoms. The van der Waals surface area contributed by atoms with Crippen molar-refractivity contribution >= 4 is 40.4 Å². The summed E-state index contributed by atoms with van der Waals surface area (Å²) in [4.78, 5) is 30.9. The molecule has 0 saturated heterocycles. The topological polar surface area (TPSA) is 95.7 Å². The van der Waals surface area contributed by atoms with E-state index in [1.807, 2.05) is 23.8 Å². The number of hydrogen-bond donors (Lipinski definition) is 3. The molecule has 7 nitrogen and oxygen atoms in total. The Balaban J connectivity index is 1.71. The Hall–Kier alpha value is -3.27. The van der Waals surface area contributed by atoms with Crippen molar-refractivity contribution in [3.8, 4) is 11.3 Å². The highest BCUT2D eigenvalue weighted by molar-refractivity contribution is 7.08. The minimum absolute atomic E-state index is 0.0218. The number of amides is 2. The standard InChI is InChI=1S/C24H22ClFN4O3S/c1-2-16(12-31)28-24(33)21-20(15-7-9-34-13-15)29-22-17(4-3-8-30(21)22)23(32)27-11-14-5-6-19(26)18(25)10-14/h3-10,13,16,31H,2,11-12H2,1H3,(H,27,32)(H,28,33)/t16-/m0/s1. The van der Waals surface area contributed by atoms with Gasteiger partial charge in [0.1, 0.15) is 17.2 Å². The van der Waals surface area contributed by atoms with Crippen LogP contribution >= 0.6 is 22.9 Å². The third kappa shape index (κ3) is 4.82.